The Kier molecular flexibility index (Phi) is 5.61. The predicted octanol–water partition coefficient (Wildman–Crippen LogP) is 2.02. The molecular weight excluding hydrogens is 144 g/mol. The van der Waals surface area contributed by atoms with Crippen LogP contribution in [0.15, 0.2) is 0 Å². The second kappa shape index (κ2) is 6.01. The Bertz CT molecular complexity index is 112. The summed E-state index contributed by atoms with van der Waals surface area (Å²) < 4.78 is 9.20. The maximum absolute atomic E-state index is 10.6. The van der Waals surface area contributed by atoms with Crippen LogP contribution in [0, 0.1) is 12.8 Å². The molecule has 0 bridgehead atoms. The summed E-state index contributed by atoms with van der Waals surface area (Å²) in [6, 6.07) is 0. The number of rotatable bonds is 4. The molecule has 0 spiro atoms. The van der Waals surface area contributed by atoms with Crippen LogP contribution in [0.3, 0.4) is 0 Å². The Morgan fingerprint density at radius 1 is 1.55 bits per heavy atom. The third-order valence-electron chi connectivity index (χ3n) is 1.40. The molecule has 0 aromatic carbocycles. The summed E-state index contributed by atoms with van der Waals surface area (Å²) in [6.07, 6.45) is 0.373. The van der Waals surface area contributed by atoms with Crippen LogP contribution in [0.1, 0.15) is 20.3 Å². The molecule has 3 heteroatoms. The van der Waals surface area contributed by atoms with Gasteiger partial charge in [0.05, 0.1) is 13.2 Å². The maximum atomic E-state index is 10.6. The largest absolute Gasteiger partial charge is 0.508 e. The third-order valence-corrected chi connectivity index (χ3v) is 1.40. The molecule has 0 aliphatic heterocycles. The molecular formula is C8H15O3. The van der Waals surface area contributed by atoms with E-state index in [4.69, 9.17) is 4.74 Å². The van der Waals surface area contributed by atoms with Crippen LogP contribution in [0.25, 0.3) is 0 Å². The van der Waals surface area contributed by atoms with E-state index in [-0.39, 0.29) is 6.61 Å². The Balaban J connectivity index is 3.30. The lowest BCUT2D eigenvalue weighted by molar-refractivity contribution is 0.0525. The molecule has 0 aromatic rings. The maximum Gasteiger partial charge on any atom is 0.508 e. The molecule has 1 radical (unpaired) electrons. The average molecular weight is 159 g/mol. The van der Waals surface area contributed by atoms with E-state index in [2.05, 4.69) is 11.7 Å². The highest BCUT2D eigenvalue weighted by molar-refractivity contribution is 5.59. The van der Waals surface area contributed by atoms with Crippen molar-refractivity contribution < 1.29 is 14.3 Å². The minimum Gasteiger partial charge on any atom is -0.434 e. The summed E-state index contributed by atoms with van der Waals surface area (Å²) in [5.74, 6) is 0.396. The molecule has 0 aromatic heterocycles. The highest BCUT2D eigenvalue weighted by atomic mass is 16.7. The second-order valence-corrected chi connectivity index (χ2v) is 2.42. The quantitative estimate of drug-likeness (QED) is 0.589. The number of hydrogen-bond donors (Lipinski definition) is 0. The van der Waals surface area contributed by atoms with Crippen molar-refractivity contribution in [3.8, 4) is 0 Å². The molecule has 11 heavy (non-hydrogen) atoms. The van der Waals surface area contributed by atoms with Gasteiger partial charge in [0, 0.05) is 0 Å². The van der Waals surface area contributed by atoms with Crippen LogP contribution >= 0.6 is 0 Å². The van der Waals surface area contributed by atoms with Gasteiger partial charge in [0.25, 0.3) is 0 Å². The van der Waals surface area contributed by atoms with Crippen molar-refractivity contribution in [2.45, 2.75) is 20.3 Å². The number of carbonyl (C=O) groups is 1. The summed E-state index contributed by atoms with van der Waals surface area (Å²) >= 11 is 0. The van der Waals surface area contributed by atoms with Gasteiger partial charge >= 0.3 is 6.16 Å². The van der Waals surface area contributed by atoms with Gasteiger partial charge in [-0.3, -0.25) is 0 Å². The lowest BCUT2D eigenvalue weighted by Crippen LogP contribution is -2.12. The minimum absolute atomic E-state index is 0.124. The van der Waals surface area contributed by atoms with E-state index in [1.807, 2.05) is 13.8 Å². The Morgan fingerprint density at radius 2 is 2.18 bits per heavy atom. The van der Waals surface area contributed by atoms with Crippen molar-refractivity contribution in [3.05, 3.63) is 6.92 Å². The molecule has 0 rings (SSSR count). The lowest BCUT2D eigenvalue weighted by atomic mass is 10.1. The van der Waals surface area contributed by atoms with Crippen molar-refractivity contribution in [2.75, 3.05) is 13.2 Å². The van der Waals surface area contributed by atoms with E-state index in [9.17, 15) is 4.79 Å². The summed E-state index contributed by atoms with van der Waals surface area (Å²) in [4.78, 5) is 10.6. The summed E-state index contributed by atoms with van der Waals surface area (Å²) in [7, 11) is 0. The van der Waals surface area contributed by atoms with Crippen molar-refractivity contribution in [1.29, 1.82) is 0 Å². The zero-order chi connectivity index (χ0) is 8.69. The van der Waals surface area contributed by atoms with Crippen LogP contribution in [0.5, 0.6) is 0 Å². The highest BCUT2D eigenvalue weighted by Gasteiger charge is 2.04. The van der Waals surface area contributed by atoms with Crippen LogP contribution in [0.4, 0.5) is 4.79 Å². The molecule has 0 heterocycles. The van der Waals surface area contributed by atoms with Gasteiger partial charge in [-0.25, -0.2) is 4.79 Å². The van der Waals surface area contributed by atoms with Crippen LogP contribution in [-0.4, -0.2) is 19.4 Å². The minimum atomic E-state index is -0.625. The lowest BCUT2D eigenvalue weighted by Gasteiger charge is -2.08. The topological polar surface area (TPSA) is 35.5 Å². The van der Waals surface area contributed by atoms with Gasteiger partial charge in [0.2, 0.25) is 0 Å². The van der Waals surface area contributed by atoms with Crippen LogP contribution in [-0.2, 0) is 9.47 Å². The van der Waals surface area contributed by atoms with E-state index < -0.39 is 6.16 Å². The van der Waals surface area contributed by atoms with Gasteiger partial charge in [-0.1, -0.05) is 20.3 Å². The molecule has 1 atom stereocenters. The van der Waals surface area contributed by atoms with Crippen molar-refractivity contribution in [1.82, 2.24) is 0 Å². The molecule has 3 nitrogen and oxygen atoms in total. The van der Waals surface area contributed by atoms with Crippen LogP contribution < -0.4 is 0 Å². The van der Waals surface area contributed by atoms with Gasteiger partial charge in [-0.2, -0.15) is 0 Å². The molecule has 0 saturated heterocycles. The SMILES string of the molecule is [CH2]COC(=O)OCC(C)CC. The summed E-state index contributed by atoms with van der Waals surface area (Å²) in [5, 5.41) is 0. The molecule has 0 aliphatic carbocycles. The Morgan fingerprint density at radius 3 is 2.64 bits per heavy atom. The van der Waals surface area contributed by atoms with Gasteiger partial charge in [-0.15, -0.1) is 0 Å². The van der Waals surface area contributed by atoms with Gasteiger partial charge in [-0.05, 0) is 12.8 Å². The normalized spacial score (nSPS) is 12.3. The first-order chi connectivity index (χ1) is 5.20. The first-order valence-electron chi connectivity index (χ1n) is 3.79. The van der Waals surface area contributed by atoms with E-state index in [0.717, 1.165) is 6.42 Å². The fourth-order valence-corrected chi connectivity index (χ4v) is 0.453. The smallest absolute Gasteiger partial charge is 0.434 e. The molecule has 0 saturated carbocycles. The molecule has 0 aliphatic rings. The Hall–Kier alpha value is -0.730. The van der Waals surface area contributed by atoms with Gasteiger partial charge < -0.3 is 9.47 Å². The standard InChI is InChI=1S/C8H15O3/c1-4-7(3)6-11-8(9)10-5-2/h7H,2,4-6H2,1,3H3. The predicted molar refractivity (Wildman–Crippen MR) is 42.1 cm³/mol. The number of carbonyl (C=O) groups excluding carboxylic acids is 1. The number of hydrogen-bond acceptors (Lipinski definition) is 3. The Labute approximate surface area is 67.7 Å². The fraction of sp³-hybridized carbons (Fsp3) is 0.750. The van der Waals surface area contributed by atoms with E-state index in [1.165, 1.54) is 0 Å². The van der Waals surface area contributed by atoms with Gasteiger partial charge in [0.15, 0.2) is 0 Å². The first kappa shape index (κ1) is 10.3. The second-order valence-electron chi connectivity index (χ2n) is 2.42. The molecule has 0 N–H and O–H groups in total. The van der Waals surface area contributed by atoms with Crippen LogP contribution in [0.2, 0.25) is 0 Å². The molecule has 0 fully saturated rings. The summed E-state index contributed by atoms with van der Waals surface area (Å²) in [5.41, 5.74) is 0. The van der Waals surface area contributed by atoms with Crippen molar-refractivity contribution in [2.24, 2.45) is 5.92 Å². The van der Waals surface area contributed by atoms with E-state index >= 15 is 0 Å². The third kappa shape index (κ3) is 5.70. The van der Waals surface area contributed by atoms with E-state index in [0.29, 0.717) is 12.5 Å². The van der Waals surface area contributed by atoms with E-state index in [1.54, 1.807) is 0 Å². The zero-order valence-electron chi connectivity index (χ0n) is 7.13. The highest BCUT2D eigenvalue weighted by Crippen LogP contribution is 2.01. The number of ether oxygens (including phenoxy) is 2. The average Bonchev–Trinajstić information content (AvgIpc) is 2.01. The summed E-state index contributed by atoms with van der Waals surface area (Å²) in [6.45, 7) is 7.95. The monoisotopic (exact) mass is 159 g/mol. The molecule has 65 valence electrons. The van der Waals surface area contributed by atoms with Gasteiger partial charge in [0.1, 0.15) is 0 Å². The van der Waals surface area contributed by atoms with Crippen molar-refractivity contribution in [3.63, 3.8) is 0 Å². The van der Waals surface area contributed by atoms with Crippen molar-refractivity contribution >= 4 is 6.16 Å². The zero-order valence-corrected chi connectivity index (χ0v) is 7.13. The molecule has 0 amide bonds. The first-order valence-corrected chi connectivity index (χ1v) is 3.79. The molecule has 1 unspecified atom stereocenters. The fourth-order valence-electron chi connectivity index (χ4n) is 0.453.